The van der Waals surface area contributed by atoms with Crippen molar-refractivity contribution in [2.45, 2.75) is 32.5 Å². The Hall–Kier alpha value is -3.90. The Labute approximate surface area is 202 Å². The van der Waals surface area contributed by atoms with Crippen molar-refractivity contribution < 1.29 is 23.9 Å². The first-order valence-electron chi connectivity index (χ1n) is 11.6. The highest BCUT2D eigenvalue weighted by atomic mass is 16.5. The molecule has 3 aliphatic rings. The molecule has 2 aliphatic heterocycles. The molecule has 174 valence electrons. The SMILES string of the molecule is Cc1ccc(C2OC3(C(=O)c4ccccc4C3=O)C3C(=O)N(c4cc(C)cc(C)c4)C(=O)C23)cc1. The van der Waals surface area contributed by atoms with E-state index in [1.807, 2.05) is 51.1 Å². The van der Waals surface area contributed by atoms with Crippen molar-refractivity contribution in [3.63, 3.8) is 0 Å². The van der Waals surface area contributed by atoms with Crippen LogP contribution in [0.4, 0.5) is 5.69 Å². The average Bonchev–Trinajstić information content (AvgIpc) is 3.39. The summed E-state index contributed by atoms with van der Waals surface area (Å²) in [6, 6.07) is 19.4. The number of Topliss-reactive ketones (excluding diaryl/α,β-unsaturated/α-hetero) is 2. The molecule has 0 aromatic heterocycles. The lowest BCUT2D eigenvalue weighted by Gasteiger charge is -2.27. The number of rotatable bonds is 2. The van der Waals surface area contributed by atoms with E-state index in [1.165, 1.54) is 0 Å². The quantitative estimate of drug-likeness (QED) is 0.416. The number of anilines is 1. The fraction of sp³-hybridized carbons (Fsp3) is 0.241. The molecule has 3 unspecified atom stereocenters. The van der Waals surface area contributed by atoms with Gasteiger partial charge in [-0.15, -0.1) is 0 Å². The summed E-state index contributed by atoms with van der Waals surface area (Å²) in [5.41, 5.74) is 2.33. The van der Waals surface area contributed by atoms with E-state index in [9.17, 15) is 19.2 Å². The number of hydrogen-bond donors (Lipinski definition) is 0. The van der Waals surface area contributed by atoms with Gasteiger partial charge in [0.25, 0.3) is 0 Å². The highest BCUT2D eigenvalue weighted by Gasteiger charge is 2.74. The molecule has 1 spiro atoms. The minimum atomic E-state index is -2.05. The third-order valence-electron chi connectivity index (χ3n) is 7.39. The molecular formula is C29H23NO5. The number of amides is 2. The van der Waals surface area contributed by atoms with Crippen molar-refractivity contribution in [3.05, 3.63) is 100 Å². The number of nitrogens with zero attached hydrogens (tertiary/aromatic N) is 1. The maximum absolute atomic E-state index is 14.0. The van der Waals surface area contributed by atoms with E-state index in [0.717, 1.165) is 21.6 Å². The summed E-state index contributed by atoms with van der Waals surface area (Å²) in [6.45, 7) is 5.72. The second kappa shape index (κ2) is 7.30. The van der Waals surface area contributed by atoms with Gasteiger partial charge in [-0.25, -0.2) is 4.90 Å². The maximum Gasteiger partial charge on any atom is 0.241 e. The van der Waals surface area contributed by atoms with Gasteiger partial charge in [-0.05, 0) is 49.6 Å². The van der Waals surface area contributed by atoms with Crippen molar-refractivity contribution in [2.24, 2.45) is 11.8 Å². The highest BCUT2D eigenvalue weighted by molar-refractivity contribution is 6.37. The third kappa shape index (κ3) is 2.80. The summed E-state index contributed by atoms with van der Waals surface area (Å²) in [5.74, 6) is -4.36. The molecule has 6 heteroatoms. The highest BCUT2D eigenvalue weighted by Crippen LogP contribution is 2.57. The Morgan fingerprint density at radius 1 is 0.714 bits per heavy atom. The standard InChI is InChI=1S/C29H23NO5/c1-15-8-10-18(11-9-15)24-22-23(28(34)30(27(22)33)19-13-16(2)12-17(3)14-19)29(35-24)25(31)20-6-4-5-7-21(20)26(29)32/h4-14,22-24H,1-3H3. The van der Waals surface area contributed by atoms with E-state index in [4.69, 9.17) is 4.74 Å². The summed E-state index contributed by atoms with van der Waals surface area (Å²) in [4.78, 5) is 56.6. The Bertz CT molecular complexity index is 1400. The van der Waals surface area contributed by atoms with Gasteiger partial charge >= 0.3 is 0 Å². The number of aryl methyl sites for hydroxylation is 3. The van der Waals surface area contributed by atoms with Gasteiger partial charge in [0.2, 0.25) is 29.0 Å². The Balaban J connectivity index is 1.55. The average molecular weight is 466 g/mol. The van der Waals surface area contributed by atoms with Gasteiger partial charge in [-0.3, -0.25) is 19.2 Å². The van der Waals surface area contributed by atoms with Crippen LogP contribution in [0.5, 0.6) is 0 Å². The first kappa shape index (κ1) is 21.6. The molecule has 35 heavy (non-hydrogen) atoms. The number of ketones is 2. The van der Waals surface area contributed by atoms with Crippen LogP contribution in [-0.2, 0) is 14.3 Å². The molecule has 0 N–H and O–H groups in total. The molecule has 3 aromatic carbocycles. The molecule has 3 atom stereocenters. The van der Waals surface area contributed by atoms with Crippen LogP contribution in [0.25, 0.3) is 0 Å². The minimum absolute atomic E-state index is 0.228. The number of hydrogen-bond acceptors (Lipinski definition) is 5. The fourth-order valence-electron chi connectivity index (χ4n) is 5.91. The fourth-order valence-corrected chi connectivity index (χ4v) is 5.91. The third-order valence-corrected chi connectivity index (χ3v) is 7.39. The Morgan fingerprint density at radius 3 is 1.86 bits per heavy atom. The minimum Gasteiger partial charge on any atom is -0.349 e. The van der Waals surface area contributed by atoms with Crippen LogP contribution >= 0.6 is 0 Å². The van der Waals surface area contributed by atoms with E-state index >= 15 is 0 Å². The number of fused-ring (bicyclic) bond motifs is 3. The van der Waals surface area contributed by atoms with Crippen molar-refractivity contribution in [1.82, 2.24) is 0 Å². The van der Waals surface area contributed by atoms with Gasteiger partial charge in [0.05, 0.1) is 23.6 Å². The molecule has 0 saturated carbocycles. The number of benzene rings is 3. The molecule has 0 radical (unpaired) electrons. The zero-order valence-electron chi connectivity index (χ0n) is 19.6. The number of ether oxygens (including phenoxy) is 1. The van der Waals surface area contributed by atoms with E-state index in [0.29, 0.717) is 11.3 Å². The van der Waals surface area contributed by atoms with Crippen LogP contribution in [0.2, 0.25) is 0 Å². The van der Waals surface area contributed by atoms with Crippen molar-refractivity contribution >= 4 is 29.1 Å². The monoisotopic (exact) mass is 465 g/mol. The van der Waals surface area contributed by atoms with Gasteiger partial charge in [0, 0.05) is 11.1 Å². The normalized spacial score (nSPS) is 24.4. The molecule has 6 rings (SSSR count). The van der Waals surface area contributed by atoms with Crippen LogP contribution in [-0.4, -0.2) is 29.0 Å². The van der Waals surface area contributed by atoms with Crippen molar-refractivity contribution in [3.8, 4) is 0 Å². The number of imide groups is 1. The second-order valence-corrected chi connectivity index (χ2v) is 9.75. The molecule has 0 bridgehead atoms. The summed E-state index contributed by atoms with van der Waals surface area (Å²) >= 11 is 0. The first-order valence-corrected chi connectivity index (χ1v) is 11.6. The predicted molar refractivity (Wildman–Crippen MR) is 128 cm³/mol. The summed E-state index contributed by atoms with van der Waals surface area (Å²) in [6.07, 6.45) is -0.907. The zero-order chi connectivity index (χ0) is 24.6. The molecular weight excluding hydrogens is 442 g/mol. The first-order chi connectivity index (χ1) is 16.7. The van der Waals surface area contributed by atoms with E-state index in [1.54, 1.807) is 36.4 Å². The Morgan fingerprint density at radius 2 is 1.29 bits per heavy atom. The maximum atomic E-state index is 14.0. The van der Waals surface area contributed by atoms with Gasteiger partial charge < -0.3 is 4.74 Å². The van der Waals surface area contributed by atoms with Gasteiger partial charge in [0.15, 0.2) is 0 Å². The molecule has 2 fully saturated rings. The predicted octanol–water partition coefficient (Wildman–Crippen LogP) is 4.31. The van der Waals surface area contributed by atoms with Gasteiger partial charge in [-0.1, -0.05) is 60.2 Å². The van der Waals surface area contributed by atoms with Gasteiger partial charge in [-0.2, -0.15) is 0 Å². The molecule has 2 amide bonds. The van der Waals surface area contributed by atoms with Crippen LogP contribution in [0.15, 0.2) is 66.7 Å². The van der Waals surface area contributed by atoms with Crippen LogP contribution in [0, 0.1) is 32.6 Å². The lowest BCUT2D eigenvalue weighted by Crippen LogP contribution is -2.51. The molecule has 6 nitrogen and oxygen atoms in total. The molecule has 2 heterocycles. The summed E-state index contributed by atoms with van der Waals surface area (Å²) < 4.78 is 6.31. The van der Waals surface area contributed by atoms with Crippen LogP contribution < -0.4 is 4.90 Å². The largest absolute Gasteiger partial charge is 0.349 e. The molecule has 1 aliphatic carbocycles. The van der Waals surface area contributed by atoms with Gasteiger partial charge in [0.1, 0.15) is 0 Å². The summed E-state index contributed by atoms with van der Waals surface area (Å²) in [7, 11) is 0. The van der Waals surface area contributed by atoms with E-state index in [-0.39, 0.29) is 11.1 Å². The van der Waals surface area contributed by atoms with Crippen LogP contribution in [0.1, 0.15) is 49.1 Å². The second-order valence-electron chi connectivity index (χ2n) is 9.75. The zero-order valence-corrected chi connectivity index (χ0v) is 19.6. The molecule has 3 aromatic rings. The Kier molecular flexibility index (Phi) is 4.51. The summed E-state index contributed by atoms with van der Waals surface area (Å²) in [5, 5.41) is 0. The van der Waals surface area contributed by atoms with Crippen molar-refractivity contribution in [1.29, 1.82) is 0 Å². The number of carbonyl (C=O) groups is 4. The van der Waals surface area contributed by atoms with E-state index in [2.05, 4.69) is 0 Å². The van der Waals surface area contributed by atoms with E-state index < -0.39 is 46.9 Å². The van der Waals surface area contributed by atoms with Crippen LogP contribution in [0.3, 0.4) is 0 Å². The lowest BCUT2D eigenvalue weighted by atomic mass is 9.77. The topological polar surface area (TPSA) is 80.8 Å². The van der Waals surface area contributed by atoms with Crippen molar-refractivity contribution in [2.75, 3.05) is 4.90 Å². The molecule has 2 saturated heterocycles. The smallest absolute Gasteiger partial charge is 0.241 e. The number of carbonyl (C=O) groups excluding carboxylic acids is 4. The lowest BCUT2D eigenvalue weighted by molar-refractivity contribution is -0.127.